The van der Waals surface area contributed by atoms with Crippen LogP contribution in [-0.4, -0.2) is 26.0 Å². The number of ether oxygens (including phenoxy) is 2. The van der Waals surface area contributed by atoms with Gasteiger partial charge in [-0.05, 0) is 30.3 Å². The van der Waals surface area contributed by atoms with Gasteiger partial charge in [-0.25, -0.2) is 0 Å². The van der Waals surface area contributed by atoms with E-state index in [9.17, 15) is 9.59 Å². The molecule has 26 heavy (non-hydrogen) atoms. The van der Waals surface area contributed by atoms with Crippen LogP contribution < -0.4 is 20.1 Å². The van der Waals surface area contributed by atoms with Gasteiger partial charge in [0.15, 0.2) is 0 Å². The Bertz CT molecular complexity index is 821. The van der Waals surface area contributed by atoms with Crippen LogP contribution >= 0.6 is 15.9 Å². The zero-order chi connectivity index (χ0) is 19.3. The molecule has 2 N–H and O–H groups in total. The Balaban J connectivity index is 2.23. The number of nitrogens with one attached hydrogen (secondary N) is 2. The summed E-state index contributed by atoms with van der Waals surface area (Å²) in [5, 5.41) is 5.60. The molecule has 0 aliphatic carbocycles. The minimum Gasteiger partial charge on any atom is -0.496 e. The summed E-state index contributed by atoms with van der Waals surface area (Å²) in [7, 11) is 3.01. The van der Waals surface area contributed by atoms with Gasteiger partial charge in [-0.2, -0.15) is 0 Å². The van der Waals surface area contributed by atoms with Crippen molar-refractivity contribution in [2.45, 2.75) is 13.8 Å². The monoisotopic (exact) mass is 420 g/mol. The molecule has 2 rings (SSSR count). The number of rotatable bonds is 6. The molecule has 0 spiro atoms. The summed E-state index contributed by atoms with van der Waals surface area (Å²) in [6.45, 7) is 3.61. The number of amides is 2. The highest BCUT2D eigenvalue weighted by Gasteiger charge is 2.15. The molecular formula is C19H21BrN2O4. The van der Waals surface area contributed by atoms with Gasteiger partial charge < -0.3 is 20.1 Å². The Labute approximate surface area is 161 Å². The van der Waals surface area contributed by atoms with E-state index in [0.717, 1.165) is 4.47 Å². The summed E-state index contributed by atoms with van der Waals surface area (Å²) in [5.74, 6) is 0.350. The lowest BCUT2D eigenvalue weighted by Crippen LogP contribution is -2.18. The van der Waals surface area contributed by atoms with Gasteiger partial charge >= 0.3 is 0 Å². The quantitative estimate of drug-likeness (QED) is 0.729. The molecule has 0 aliphatic heterocycles. The lowest BCUT2D eigenvalue weighted by atomic mass is 10.1. The second-order valence-electron chi connectivity index (χ2n) is 5.86. The third-order valence-electron chi connectivity index (χ3n) is 3.65. The smallest absolute Gasteiger partial charge is 0.259 e. The van der Waals surface area contributed by atoms with Crippen LogP contribution in [0.1, 0.15) is 24.2 Å². The van der Waals surface area contributed by atoms with E-state index in [4.69, 9.17) is 9.47 Å². The third-order valence-corrected chi connectivity index (χ3v) is 4.14. The van der Waals surface area contributed by atoms with Gasteiger partial charge in [0.2, 0.25) is 5.91 Å². The molecule has 0 radical (unpaired) electrons. The second-order valence-corrected chi connectivity index (χ2v) is 6.77. The molecule has 6 nitrogen and oxygen atoms in total. The number of benzene rings is 2. The van der Waals surface area contributed by atoms with Crippen LogP contribution in [0.5, 0.6) is 11.5 Å². The number of anilines is 2. The van der Waals surface area contributed by atoms with Crippen LogP contribution in [0.4, 0.5) is 11.4 Å². The number of carbonyl (C=O) groups excluding carboxylic acids is 2. The van der Waals surface area contributed by atoms with Crippen molar-refractivity contribution in [3.8, 4) is 11.5 Å². The number of carbonyl (C=O) groups is 2. The fourth-order valence-electron chi connectivity index (χ4n) is 2.21. The molecule has 0 saturated carbocycles. The van der Waals surface area contributed by atoms with Crippen LogP contribution in [-0.2, 0) is 4.79 Å². The van der Waals surface area contributed by atoms with E-state index in [1.54, 1.807) is 36.4 Å². The minimum absolute atomic E-state index is 0.112. The normalized spacial score (nSPS) is 10.4. The van der Waals surface area contributed by atoms with Crippen LogP contribution in [0, 0.1) is 5.92 Å². The Kier molecular flexibility index (Phi) is 6.63. The van der Waals surface area contributed by atoms with Gasteiger partial charge in [0, 0.05) is 22.1 Å². The molecule has 2 amide bonds. The van der Waals surface area contributed by atoms with E-state index in [0.29, 0.717) is 28.4 Å². The van der Waals surface area contributed by atoms with Crippen molar-refractivity contribution in [3.05, 3.63) is 46.4 Å². The van der Waals surface area contributed by atoms with Crippen molar-refractivity contribution in [1.29, 1.82) is 0 Å². The Morgan fingerprint density at radius 3 is 2.27 bits per heavy atom. The van der Waals surface area contributed by atoms with Gasteiger partial charge in [0.1, 0.15) is 11.5 Å². The maximum atomic E-state index is 12.6. The van der Waals surface area contributed by atoms with E-state index in [2.05, 4.69) is 26.6 Å². The van der Waals surface area contributed by atoms with Gasteiger partial charge in [0.05, 0.1) is 25.5 Å². The van der Waals surface area contributed by atoms with Gasteiger partial charge in [0.25, 0.3) is 5.91 Å². The van der Waals surface area contributed by atoms with Crippen LogP contribution in [0.3, 0.4) is 0 Å². The van der Waals surface area contributed by atoms with E-state index in [1.807, 2.05) is 13.8 Å². The summed E-state index contributed by atoms with van der Waals surface area (Å²) in [5.41, 5.74) is 1.48. The van der Waals surface area contributed by atoms with Gasteiger partial charge in [-0.15, -0.1) is 0 Å². The highest BCUT2D eigenvalue weighted by atomic mass is 79.9. The summed E-state index contributed by atoms with van der Waals surface area (Å²) >= 11 is 3.35. The first-order chi connectivity index (χ1) is 12.3. The maximum Gasteiger partial charge on any atom is 0.259 e. The molecule has 0 aliphatic rings. The summed E-state index contributed by atoms with van der Waals surface area (Å²) in [6, 6.07) is 10.2. The number of hydrogen-bond donors (Lipinski definition) is 2. The Morgan fingerprint density at radius 2 is 1.65 bits per heavy atom. The van der Waals surface area contributed by atoms with Gasteiger partial charge in [-0.3, -0.25) is 9.59 Å². The first kappa shape index (κ1) is 19.8. The predicted molar refractivity (Wildman–Crippen MR) is 105 cm³/mol. The molecule has 0 heterocycles. The Morgan fingerprint density at radius 1 is 0.962 bits per heavy atom. The fraction of sp³-hybridized carbons (Fsp3) is 0.263. The summed E-state index contributed by atoms with van der Waals surface area (Å²) in [6.07, 6.45) is 0. The lowest BCUT2D eigenvalue weighted by Gasteiger charge is -2.14. The average molecular weight is 421 g/mol. The summed E-state index contributed by atoms with van der Waals surface area (Å²) in [4.78, 5) is 24.5. The second kappa shape index (κ2) is 8.71. The largest absolute Gasteiger partial charge is 0.496 e. The van der Waals surface area contributed by atoms with Crippen molar-refractivity contribution in [2.75, 3.05) is 24.9 Å². The highest BCUT2D eigenvalue weighted by molar-refractivity contribution is 9.10. The lowest BCUT2D eigenvalue weighted by molar-refractivity contribution is -0.118. The molecule has 0 unspecified atom stereocenters. The number of halogens is 1. The van der Waals surface area contributed by atoms with Crippen LogP contribution in [0.2, 0.25) is 0 Å². The molecule has 2 aromatic carbocycles. The van der Waals surface area contributed by atoms with E-state index >= 15 is 0 Å². The average Bonchev–Trinajstić information content (AvgIpc) is 2.62. The highest BCUT2D eigenvalue weighted by Crippen LogP contribution is 2.29. The molecule has 2 aromatic rings. The molecule has 0 atom stereocenters. The fourth-order valence-corrected chi connectivity index (χ4v) is 2.57. The first-order valence-electron chi connectivity index (χ1n) is 7.99. The number of methoxy groups -OCH3 is 2. The minimum atomic E-state index is -0.316. The molecular weight excluding hydrogens is 400 g/mol. The van der Waals surface area contributed by atoms with Crippen molar-refractivity contribution in [3.63, 3.8) is 0 Å². The van der Waals surface area contributed by atoms with E-state index < -0.39 is 0 Å². The molecule has 0 bridgehead atoms. The predicted octanol–water partition coefficient (Wildman–Crippen LogP) is 4.31. The van der Waals surface area contributed by atoms with Gasteiger partial charge in [-0.1, -0.05) is 29.8 Å². The summed E-state index contributed by atoms with van der Waals surface area (Å²) < 4.78 is 11.3. The molecule has 0 aromatic heterocycles. The van der Waals surface area contributed by atoms with Crippen molar-refractivity contribution in [1.82, 2.24) is 0 Å². The van der Waals surface area contributed by atoms with Crippen molar-refractivity contribution >= 4 is 39.1 Å². The van der Waals surface area contributed by atoms with E-state index in [-0.39, 0.29) is 17.7 Å². The Hall–Kier alpha value is -2.54. The first-order valence-corrected chi connectivity index (χ1v) is 8.78. The zero-order valence-electron chi connectivity index (χ0n) is 15.1. The number of hydrogen-bond acceptors (Lipinski definition) is 4. The molecule has 7 heteroatoms. The van der Waals surface area contributed by atoms with Crippen molar-refractivity contribution < 1.29 is 19.1 Å². The molecule has 0 fully saturated rings. The van der Waals surface area contributed by atoms with Crippen LogP contribution in [0.15, 0.2) is 40.9 Å². The topological polar surface area (TPSA) is 76.7 Å². The molecule has 138 valence electrons. The standard InChI is InChI=1S/C19H21BrN2O4/c1-11(2)18(23)22-15-7-6-13(10-17(15)26-4)21-19(24)14-9-12(20)5-8-16(14)25-3/h5-11H,1-4H3,(H,21,24)(H,22,23). The SMILES string of the molecule is COc1cc(NC(=O)c2cc(Br)ccc2OC)ccc1NC(=O)C(C)C. The zero-order valence-corrected chi connectivity index (χ0v) is 16.6. The molecule has 0 saturated heterocycles. The van der Waals surface area contributed by atoms with E-state index in [1.165, 1.54) is 14.2 Å². The van der Waals surface area contributed by atoms with Crippen molar-refractivity contribution in [2.24, 2.45) is 5.92 Å². The third kappa shape index (κ3) is 4.76. The van der Waals surface area contributed by atoms with Crippen LogP contribution in [0.25, 0.3) is 0 Å². The maximum absolute atomic E-state index is 12.6.